The number of aromatic hydroxyl groups is 1. The molecule has 0 bridgehead atoms. The minimum Gasteiger partial charge on any atom is -0.508 e. The van der Waals surface area contributed by atoms with Gasteiger partial charge in [0.05, 0.1) is 0 Å². The average Bonchev–Trinajstić information content (AvgIpc) is 2.27. The Balaban J connectivity index is 2.71. The molecular weight excluding hydrogens is 204 g/mol. The van der Waals surface area contributed by atoms with Crippen LogP contribution < -0.4 is 11.1 Å². The highest BCUT2D eigenvalue weighted by Gasteiger charge is 1.98. The fraction of sp³-hybridized carbons (Fsp3) is 0.0833. The largest absolute Gasteiger partial charge is 0.508 e. The number of carbonyl (C=O) groups is 1. The maximum Gasteiger partial charge on any atom is 0.244 e. The summed E-state index contributed by atoms with van der Waals surface area (Å²) in [5.41, 5.74) is 6.78. The number of benzene rings is 1. The van der Waals surface area contributed by atoms with Crippen molar-refractivity contribution < 1.29 is 9.90 Å². The maximum atomic E-state index is 11.2. The molecule has 4 N–H and O–H groups in total. The van der Waals surface area contributed by atoms with Crippen LogP contribution in [0.4, 0.5) is 5.69 Å². The number of amides is 1. The summed E-state index contributed by atoms with van der Waals surface area (Å²) in [7, 11) is 0. The molecular formula is C12H14N2O2. The van der Waals surface area contributed by atoms with Crippen LogP contribution >= 0.6 is 0 Å². The van der Waals surface area contributed by atoms with Crippen LogP contribution in [0.1, 0.15) is 5.56 Å². The third-order valence-corrected chi connectivity index (χ3v) is 1.91. The molecule has 0 saturated heterocycles. The lowest BCUT2D eigenvalue weighted by Crippen LogP contribution is -2.20. The van der Waals surface area contributed by atoms with E-state index in [1.807, 2.05) is 0 Å². The van der Waals surface area contributed by atoms with E-state index in [0.717, 1.165) is 0 Å². The van der Waals surface area contributed by atoms with Crippen LogP contribution in [-0.4, -0.2) is 17.6 Å². The molecule has 84 valence electrons. The molecule has 0 aromatic heterocycles. The van der Waals surface area contributed by atoms with E-state index in [0.29, 0.717) is 17.8 Å². The van der Waals surface area contributed by atoms with Crippen LogP contribution in [0, 0.1) is 0 Å². The SMILES string of the molecule is C=CCNC(=O)/C=C/c1cc(O)ccc1N. The Morgan fingerprint density at radius 3 is 3.00 bits per heavy atom. The summed E-state index contributed by atoms with van der Waals surface area (Å²) in [4.78, 5) is 11.2. The van der Waals surface area contributed by atoms with Gasteiger partial charge in [0, 0.05) is 23.9 Å². The van der Waals surface area contributed by atoms with Crippen LogP contribution in [0.2, 0.25) is 0 Å². The van der Waals surface area contributed by atoms with Crippen molar-refractivity contribution in [1.82, 2.24) is 5.32 Å². The van der Waals surface area contributed by atoms with Gasteiger partial charge in [-0.2, -0.15) is 0 Å². The molecule has 4 heteroatoms. The second-order valence-corrected chi connectivity index (χ2v) is 3.18. The highest BCUT2D eigenvalue weighted by Crippen LogP contribution is 2.19. The highest BCUT2D eigenvalue weighted by atomic mass is 16.3. The van der Waals surface area contributed by atoms with Crippen molar-refractivity contribution in [3.63, 3.8) is 0 Å². The number of hydrogen-bond acceptors (Lipinski definition) is 3. The first kappa shape index (κ1) is 11.8. The third-order valence-electron chi connectivity index (χ3n) is 1.91. The summed E-state index contributed by atoms with van der Waals surface area (Å²) in [6.07, 6.45) is 4.50. The van der Waals surface area contributed by atoms with E-state index in [4.69, 9.17) is 5.73 Å². The zero-order valence-corrected chi connectivity index (χ0v) is 8.81. The summed E-state index contributed by atoms with van der Waals surface area (Å²) in [5.74, 6) is -0.122. The van der Waals surface area contributed by atoms with Gasteiger partial charge in [-0.15, -0.1) is 6.58 Å². The molecule has 0 aliphatic rings. The van der Waals surface area contributed by atoms with Gasteiger partial charge in [-0.25, -0.2) is 0 Å². The standard InChI is InChI=1S/C12H14N2O2/c1-2-7-14-12(16)6-3-9-8-10(15)4-5-11(9)13/h2-6,8,15H,1,7,13H2,(H,14,16)/b6-3+. The first-order chi connectivity index (χ1) is 7.63. The van der Waals surface area contributed by atoms with Crippen molar-refractivity contribution in [3.05, 3.63) is 42.5 Å². The Morgan fingerprint density at radius 1 is 1.56 bits per heavy atom. The molecule has 0 atom stereocenters. The van der Waals surface area contributed by atoms with Gasteiger partial charge >= 0.3 is 0 Å². The lowest BCUT2D eigenvalue weighted by Gasteiger charge is -2.01. The summed E-state index contributed by atoms with van der Waals surface area (Å²) in [6, 6.07) is 4.56. The Morgan fingerprint density at radius 2 is 2.31 bits per heavy atom. The predicted octanol–water partition coefficient (Wildman–Crippen LogP) is 1.29. The van der Waals surface area contributed by atoms with Gasteiger partial charge in [0.15, 0.2) is 0 Å². The zero-order chi connectivity index (χ0) is 12.0. The second-order valence-electron chi connectivity index (χ2n) is 3.18. The molecule has 0 spiro atoms. The lowest BCUT2D eigenvalue weighted by atomic mass is 10.1. The number of carbonyl (C=O) groups excluding carboxylic acids is 1. The molecule has 0 radical (unpaired) electrons. The van der Waals surface area contributed by atoms with Gasteiger partial charge in [-0.1, -0.05) is 6.08 Å². The molecule has 0 saturated carbocycles. The first-order valence-electron chi connectivity index (χ1n) is 4.79. The van der Waals surface area contributed by atoms with E-state index >= 15 is 0 Å². The van der Waals surface area contributed by atoms with E-state index in [2.05, 4.69) is 11.9 Å². The molecule has 0 fully saturated rings. The van der Waals surface area contributed by atoms with E-state index in [1.54, 1.807) is 18.2 Å². The number of rotatable bonds is 4. The molecule has 4 nitrogen and oxygen atoms in total. The molecule has 0 aliphatic carbocycles. The van der Waals surface area contributed by atoms with Crippen molar-refractivity contribution in [2.75, 3.05) is 12.3 Å². The number of nitrogens with two attached hydrogens (primary N) is 1. The Hall–Kier alpha value is -2.23. The molecule has 1 amide bonds. The van der Waals surface area contributed by atoms with Crippen molar-refractivity contribution in [2.45, 2.75) is 0 Å². The van der Waals surface area contributed by atoms with Gasteiger partial charge < -0.3 is 16.2 Å². The van der Waals surface area contributed by atoms with Crippen LogP contribution in [0.5, 0.6) is 5.75 Å². The Labute approximate surface area is 94.1 Å². The quantitative estimate of drug-likeness (QED) is 0.308. The van der Waals surface area contributed by atoms with Gasteiger partial charge in [0.25, 0.3) is 0 Å². The van der Waals surface area contributed by atoms with E-state index in [9.17, 15) is 9.90 Å². The number of nitrogens with one attached hydrogen (secondary N) is 1. The smallest absolute Gasteiger partial charge is 0.244 e. The minimum absolute atomic E-state index is 0.111. The number of phenols is 1. The Bertz CT molecular complexity index is 425. The molecule has 0 heterocycles. The van der Waals surface area contributed by atoms with Crippen LogP contribution in [0.3, 0.4) is 0 Å². The monoisotopic (exact) mass is 218 g/mol. The van der Waals surface area contributed by atoms with Crippen molar-refractivity contribution in [1.29, 1.82) is 0 Å². The number of phenolic OH excluding ortho intramolecular Hbond substituents is 1. The zero-order valence-electron chi connectivity index (χ0n) is 8.81. The second kappa shape index (κ2) is 5.60. The fourth-order valence-electron chi connectivity index (χ4n) is 1.10. The van der Waals surface area contributed by atoms with Crippen molar-refractivity contribution in [3.8, 4) is 5.75 Å². The van der Waals surface area contributed by atoms with E-state index < -0.39 is 0 Å². The molecule has 0 unspecified atom stereocenters. The van der Waals surface area contributed by atoms with Gasteiger partial charge in [0.2, 0.25) is 5.91 Å². The van der Waals surface area contributed by atoms with Gasteiger partial charge in [-0.05, 0) is 24.3 Å². The highest BCUT2D eigenvalue weighted by molar-refractivity contribution is 5.92. The fourth-order valence-corrected chi connectivity index (χ4v) is 1.10. The van der Waals surface area contributed by atoms with Crippen LogP contribution in [0.25, 0.3) is 6.08 Å². The molecule has 1 aromatic carbocycles. The number of anilines is 1. The van der Waals surface area contributed by atoms with Crippen molar-refractivity contribution in [2.24, 2.45) is 0 Å². The Kier molecular flexibility index (Phi) is 4.15. The van der Waals surface area contributed by atoms with E-state index in [-0.39, 0.29) is 11.7 Å². The number of hydrogen-bond donors (Lipinski definition) is 3. The summed E-state index contributed by atoms with van der Waals surface area (Å²) < 4.78 is 0. The topological polar surface area (TPSA) is 75.3 Å². The average molecular weight is 218 g/mol. The molecule has 16 heavy (non-hydrogen) atoms. The van der Waals surface area contributed by atoms with Crippen LogP contribution in [0.15, 0.2) is 36.9 Å². The summed E-state index contributed by atoms with van der Waals surface area (Å²) >= 11 is 0. The van der Waals surface area contributed by atoms with Crippen molar-refractivity contribution >= 4 is 17.7 Å². The normalized spacial score (nSPS) is 10.2. The molecule has 1 aromatic rings. The van der Waals surface area contributed by atoms with Gasteiger partial charge in [0.1, 0.15) is 5.75 Å². The summed E-state index contributed by atoms with van der Waals surface area (Å²) in [6.45, 7) is 3.90. The predicted molar refractivity (Wildman–Crippen MR) is 64.8 cm³/mol. The molecule has 0 aliphatic heterocycles. The maximum absolute atomic E-state index is 11.2. The van der Waals surface area contributed by atoms with E-state index in [1.165, 1.54) is 18.2 Å². The third kappa shape index (κ3) is 3.49. The van der Waals surface area contributed by atoms with Gasteiger partial charge in [-0.3, -0.25) is 4.79 Å². The molecule has 1 rings (SSSR count). The van der Waals surface area contributed by atoms with Crippen LogP contribution in [-0.2, 0) is 4.79 Å². The lowest BCUT2D eigenvalue weighted by molar-refractivity contribution is -0.116. The number of nitrogen functional groups attached to an aromatic ring is 1. The summed E-state index contributed by atoms with van der Waals surface area (Å²) in [5, 5.41) is 11.8. The minimum atomic E-state index is -0.234. The first-order valence-corrected chi connectivity index (χ1v) is 4.79.